The van der Waals surface area contributed by atoms with Crippen LogP contribution < -0.4 is 5.73 Å². The van der Waals surface area contributed by atoms with Gasteiger partial charge in [0.15, 0.2) is 5.71 Å². The second-order valence-corrected chi connectivity index (χ2v) is 2.85. The van der Waals surface area contributed by atoms with Crippen molar-refractivity contribution in [3.8, 4) is 0 Å². The summed E-state index contributed by atoms with van der Waals surface area (Å²) >= 11 is 5.56. The van der Waals surface area contributed by atoms with Crippen LogP contribution in [-0.2, 0) is 4.79 Å². The fourth-order valence-corrected chi connectivity index (χ4v) is 0.767. The molecule has 0 aliphatic carbocycles. The summed E-state index contributed by atoms with van der Waals surface area (Å²) in [7, 11) is 0. The molecular formula is C9H10ClN3O2. The van der Waals surface area contributed by atoms with E-state index in [1.54, 1.807) is 18.2 Å². The van der Waals surface area contributed by atoms with E-state index in [4.69, 9.17) is 33.3 Å². The summed E-state index contributed by atoms with van der Waals surface area (Å²) in [5, 5.41) is 21.0. The molecule has 0 fully saturated rings. The highest BCUT2D eigenvalue weighted by Gasteiger charge is 1.98. The van der Waals surface area contributed by atoms with Gasteiger partial charge in [0.05, 0.1) is 6.21 Å². The van der Waals surface area contributed by atoms with E-state index in [0.29, 0.717) is 16.9 Å². The maximum Gasteiger partial charge on any atom is 0.355 e. The van der Waals surface area contributed by atoms with Gasteiger partial charge in [-0.05, 0) is 18.2 Å². The number of hydrogen-bond donors (Lipinski definition) is 4. The molecule has 0 aromatic heterocycles. The highest BCUT2D eigenvalue weighted by atomic mass is 35.5. The molecule has 1 rings (SSSR count). The lowest BCUT2D eigenvalue weighted by Gasteiger charge is -1.89. The van der Waals surface area contributed by atoms with Crippen LogP contribution in [0.15, 0.2) is 24.3 Å². The first-order valence-corrected chi connectivity index (χ1v) is 4.18. The summed E-state index contributed by atoms with van der Waals surface area (Å²) in [5.41, 5.74) is 5.39. The van der Waals surface area contributed by atoms with Crippen molar-refractivity contribution < 1.29 is 9.90 Å². The molecule has 80 valence electrons. The number of carboxylic acid groups (broad SMARTS) is 1. The minimum absolute atomic E-state index is 0.475. The monoisotopic (exact) mass is 227 g/mol. The number of benzene rings is 1. The van der Waals surface area contributed by atoms with Gasteiger partial charge in [-0.2, -0.15) is 0 Å². The predicted molar refractivity (Wildman–Crippen MR) is 60.0 cm³/mol. The molecule has 0 unspecified atom stereocenters. The Hall–Kier alpha value is -1.88. The largest absolute Gasteiger partial charge is 0.476 e. The lowest BCUT2D eigenvalue weighted by Crippen LogP contribution is -2.11. The summed E-state index contributed by atoms with van der Waals surface area (Å²) < 4.78 is 0. The molecule has 0 saturated heterocycles. The van der Waals surface area contributed by atoms with E-state index in [9.17, 15) is 4.79 Å². The van der Waals surface area contributed by atoms with Crippen LogP contribution in [0, 0.1) is 10.8 Å². The number of aliphatic carboxylic acids is 1. The summed E-state index contributed by atoms with van der Waals surface area (Å²) in [4.78, 5) is 9.55. The Balaban J connectivity index is 0.000000265. The van der Waals surface area contributed by atoms with E-state index in [1.165, 1.54) is 0 Å². The molecule has 0 radical (unpaired) electrons. The molecule has 5 nitrogen and oxygen atoms in total. The first-order chi connectivity index (χ1) is 6.97. The number of anilines is 1. The molecule has 1 aromatic carbocycles. The molecule has 0 aliphatic rings. The second-order valence-electron chi connectivity index (χ2n) is 2.42. The number of carboxylic acids is 1. The van der Waals surface area contributed by atoms with Gasteiger partial charge in [-0.25, -0.2) is 4.79 Å². The fraction of sp³-hybridized carbons (Fsp3) is 0. The van der Waals surface area contributed by atoms with Crippen molar-refractivity contribution in [1.82, 2.24) is 0 Å². The molecule has 0 spiro atoms. The van der Waals surface area contributed by atoms with E-state index < -0.39 is 11.7 Å². The van der Waals surface area contributed by atoms with Crippen LogP contribution in [-0.4, -0.2) is 23.0 Å². The zero-order chi connectivity index (χ0) is 11.8. The van der Waals surface area contributed by atoms with Gasteiger partial charge in [0.2, 0.25) is 0 Å². The van der Waals surface area contributed by atoms with Crippen molar-refractivity contribution in [3.63, 3.8) is 0 Å². The van der Waals surface area contributed by atoms with Gasteiger partial charge in [0.25, 0.3) is 0 Å². The average molecular weight is 228 g/mol. The number of nitrogens with two attached hydrogens (primary N) is 1. The van der Waals surface area contributed by atoms with E-state index in [1.807, 2.05) is 6.07 Å². The first kappa shape index (κ1) is 13.1. The summed E-state index contributed by atoms with van der Waals surface area (Å²) in [6.07, 6.45) is 0.475. The molecular weight excluding hydrogens is 218 g/mol. The third-order valence-electron chi connectivity index (χ3n) is 1.22. The second kappa shape index (κ2) is 6.56. The van der Waals surface area contributed by atoms with Crippen molar-refractivity contribution in [2.24, 2.45) is 0 Å². The van der Waals surface area contributed by atoms with Crippen LogP contribution in [0.1, 0.15) is 0 Å². The van der Waals surface area contributed by atoms with Gasteiger partial charge in [0.1, 0.15) is 0 Å². The van der Waals surface area contributed by atoms with Gasteiger partial charge in [-0.3, -0.25) is 5.41 Å². The number of halogens is 1. The average Bonchev–Trinajstić information content (AvgIpc) is 2.17. The summed E-state index contributed by atoms with van der Waals surface area (Å²) in [6, 6.07) is 7.11. The smallest absolute Gasteiger partial charge is 0.355 e. The molecule has 0 atom stereocenters. The molecule has 0 saturated carbocycles. The van der Waals surface area contributed by atoms with Crippen LogP contribution in [0.4, 0.5) is 5.69 Å². The van der Waals surface area contributed by atoms with E-state index >= 15 is 0 Å². The Morgan fingerprint density at radius 1 is 1.53 bits per heavy atom. The molecule has 0 bridgehead atoms. The van der Waals surface area contributed by atoms with Crippen molar-refractivity contribution in [3.05, 3.63) is 29.3 Å². The SMILES string of the molecule is N=CC(=N)C(=O)O.Nc1cccc(Cl)c1. The molecule has 0 amide bonds. The van der Waals surface area contributed by atoms with Gasteiger partial charge in [0, 0.05) is 10.7 Å². The maximum atomic E-state index is 9.55. The summed E-state index contributed by atoms with van der Waals surface area (Å²) in [6.45, 7) is 0. The third kappa shape index (κ3) is 6.23. The van der Waals surface area contributed by atoms with Crippen molar-refractivity contribution in [2.75, 3.05) is 5.73 Å². The van der Waals surface area contributed by atoms with Crippen LogP contribution in [0.2, 0.25) is 5.02 Å². The number of hydrogen-bond acceptors (Lipinski definition) is 4. The third-order valence-corrected chi connectivity index (χ3v) is 1.46. The summed E-state index contributed by atoms with van der Waals surface area (Å²) in [5.74, 6) is -1.37. The Morgan fingerprint density at radius 3 is 2.33 bits per heavy atom. The van der Waals surface area contributed by atoms with Crippen molar-refractivity contribution >= 4 is 35.2 Å². The van der Waals surface area contributed by atoms with Crippen LogP contribution >= 0.6 is 11.6 Å². The Morgan fingerprint density at radius 2 is 2.13 bits per heavy atom. The van der Waals surface area contributed by atoms with E-state index in [-0.39, 0.29) is 0 Å². The number of nitrogen functional groups attached to an aromatic ring is 1. The molecule has 5 N–H and O–H groups in total. The zero-order valence-corrected chi connectivity index (χ0v) is 8.45. The predicted octanol–water partition coefficient (Wildman–Crippen LogP) is 1.66. The highest BCUT2D eigenvalue weighted by molar-refractivity contribution is 6.57. The topological polar surface area (TPSA) is 111 Å². The quantitative estimate of drug-likeness (QED) is 0.455. The number of nitrogens with one attached hydrogen (secondary N) is 2. The van der Waals surface area contributed by atoms with Crippen LogP contribution in [0.25, 0.3) is 0 Å². The Bertz CT molecular complexity index is 362. The Labute approximate surface area is 91.5 Å². The lowest BCUT2D eigenvalue weighted by atomic mass is 10.3. The molecule has 0 aliphatic heterocycles. The number of carbonyl (C=O) groups is 1. The van der Waals surface area contributed by atoms with Crippen LogP contribution in [0.5, 0.6) is 0 Å². The standard InChI is InChI=1S/C6H6ClN.C3H4N2O2/c7-5-2-1-3-6(8)4-5;4-1-2(5)3(6)7/h1-4H,8H2;1,4-5H,(H,6,7). The molecule has 0 heterocycles. The van der Waals surface area contributed by atoms with Gasteiger partial charge >= 0.3 is 5.97 Å². The van der Waals surface area contributed by atoms with Crippen LogP contribution in [0.3, 0.4) is 0 Å². The van der Waals surface area contributed by atoms with Gasteiger partial charge < -0.3 is 16.2 Å². The maximum absolute atomic E-state index is 9.55. The Kier molecular flexibility index (Phi) is 5.73. The minimum atomic E-state index is -1.37. The first-order valence-electron chi connectivity index (χ1n) is 3.80. The zero-order valence-electron chi connectivity index (χ0n) is 7.70. The van der Waals surface area contributed by atoms with Crippen molar-refractivity contribution in [2.45, 2.75) is 0 Å². The molecule has 15 heavy (non-hydrogen) atoms. The number of rotatable bonds is 2. The fourth-order valence-electron chi connectivity index (χ4n) is 0.568. The van der Waals surface area contributed by atoms with E-state index in [2.05, 4.69) is 0 Å². The lowest BCUT2D eigenvalue weighted by molar-refractivity contribution is -0.129. The van der Waals surface area contributed by atoms with Gasteiger partial charge in [-0.15, -0.1) is 0 Å². The normalized spacial score (nSPS) is 8.33. The van der Waals surface area contributed by atoms with Crippen molar-refractivity contribution in [1.29, 1.82) is 10.8 Å². The molecule has 6 heteroatoms. The highest BCUT2D eigenvalue weighted by Crippen LogP contribution is 2.10. The minimum Gasteiger partial charge on any atom is -0.476 e. The van der Waals surface area contributed by atoms with E-state index in [0.717, 1.165) is 0 Å². The van der Waals surface area contributed by atoms with Gasteiger partial charge in [-0.1, -0.05) is 17.7 Å². The molecule has 1 aromatic rings.